The average molecular weight is 177 g/mol. The summed E-state index contributed by atoms with van der Waals surface area (Å²) in [5, 5.41) is 0. The molecule has 1 aliphatic carbocycles. The smallest absolute Gasteiger partial charge is 0.0340 e. The Morgan fingerprint density at radius 1 is 1.54 bits per heavy atom. The van der Waals surface area contributed by atoms with Crippen molar-refractivity contribution < 1.29 is 0 Å². The molecule has 0 aromatic carbocycles. The zero-order valence-electron chi connectivity index (χ0n) is 8.42. The van der Waals surface area contributed by atoms with Gasteiger partial charge in [-0.1, -0.05) is 38.0 Å². The van der Waals surface area contributed by atoms with Crippen LogP contribution in [0.4, 0.5) is 0 Å². The lowest BCUT2D eigenvalue weighted by atomic mass is 9.80. The van der Waals surface area contributed by atoms with Gasteiger partial charge in [-0.05, 0) is 30.9 Å². The molecule has 2 N–H and O–H groups in total. The number of hydrogen-bond acceptors (Lipinski definition) is 1. The molecule has 1 aliphatic rings. The molecule has 0 unspecified atom stereocenters. The van der Waals surface area contributed by atoms with Crippen LogP contribution in [0.15, 0.2) is 36.1 Å². The highest BCUT2D eigenvalue weighted by Gasteiger charge is 2.18. The third-order valence-electron chi connectivity index (χ3n) is 2.64. The van der Waals surface area contributed by atoms with Crippen molar-refractivity contribution in [2.75, 3.05) is 0 Å². The summed E-state index contributed by atoms with van der Waals surface area (Å²) in [6, 6.07) is 0. The van der Waals surface area contributed by atoms with Crippen molar-refractivity contribution in [1.29, 1.82) is 0 Å². The summed E-state index contributed by atoms with van der Waals surface area (Å²) in [6.45, 7) is 5.99. The SMILES string of the molecule is C=C(CC1CCC1)/C(N)=C\C=C/C. The van der Waals surface area contributed by atoms with Crippen LogP contribution >= 0.6 is 0 Å². The van der Waals surface area contributed by atoms with E-state index in [4.69, 9.17) is 5.73 Å². The Balaban J connectivity index is 2.36. The van der Waals surface area contributed by atoms with Crippen LogP contribution in [0.5, 0.6) is 0 Å². The molecule has 1 nitrogen and oxygen atoms in total. The predicted molar refractivity (Wildman–Crippen MR) is 58.2 cm³/mol. The zero-order chi connectivity index (χ0) is 9.68. The van der Waals surface area contributed by atoms with Gasteiger partial charge in [-0.2, -0.15) is 0 Å². The van der Waals surface area contributed by atoms with Crippen molar-refractivity contribution >= 4 is 0 Å². The van der Waals surface area contributed by atoms with Gasteiger partial charge in [-0.25, -0.2) is 0 Å². The van der Waals surface area contributed by atoms with E-state index in [1.54, 1.807) is 0 Å². The van der Waals surface area contributed by atoms with Gasteiger partial charge in [-0.3, -0.25) is 0 Å². The van der Waals surface area contributed by atoms with Crippen LogP contribution in [0.1, 0.15) is 32.6 Å². The van der Waals surface area contributed by atoms with Crippen molar-refractivity contribution in [3.63, 3.8) is 0 Å². The van der Waals surface area contributed by atoms with Gasteiger partial charge in [0.2, 0.25) is 0 Å². The Hall–Kier alpha value is -0.980. The van der Waals surface area contributed by atoms with E-state index in [2.05, 4.69) is 6.58 Å². The van der Waals surface area contributed by atoms with Gasteiger partial charge in [0.05, 0.1) is 0 Å². The molecule has 0 heterocycles. The Kier molecular flexibility index (Phi) is 3.81. The predicted octanol–water partition coefficient (Wildman–Crippen LogP) is 3.15. The summed E-state index contributed by atoms with van der Waals surface area (Å²) < 4.78 is 0. The average Bonchev–Trinajstić information content (AvgIpc) is 2.06. The largest absolute Gasteiger partial charge is 0.399 e. The maximum Gasteiger partial charge on any atom is 0.0340 e. The van der Waals surface area contributed by atoms with Crippen molar-refractivity contribution in [2.45, 2.75) is 32.6 Å². The molecule has 0 spiro atoms. The first kappa shape index (κ1) is 10.1. The van der Waals surface area contributed by atoms with E-state index in [9.17, 15) is 0 Å². The highest BCUT2D eigenvalue weighted by Crippen LogP contribution is 2.32. The molecule has 0 aliphatic heterocycles. The highest BCUT2D eigenvalue weighted by molar-refractivity contribution is 5.29. The molecule has 0 radical (unpaired) electrons. The number of hydrogen-bond donors (Lipinski definition) is 1. The summed E-state index contributed by atoms with van der Waals surface area (Å²) in [4.78, 5) is 0. The second-order valence-electron chi connectivity index (χ2n) is 3.75. The van der Waals surface area contributed by atoms with E-state index >= 15 is 0 Å². The lowest BCUT2D eigenvalue weighted by molar-refractivity contribution is 0.315. The molecule has 13 heavy (non-hydrogen) atoms. The van der Waals surface area contributed by atoms with Crippen LogP contribution in [0, 0.1) is 5.92 Å². The summed E-state index contributed by atoms with van der Waals surface area (Å²) in [6.07, 6.45) is 11.0. The molecule has 1 saturated carbocycles. The highest BCUT2D eigenvalue weighted by atomic mass is 14.6. The summed E-state index contributed by atoms with van der Waals surface area (Å²) in [5.41, 5.74) is 7.78. The van der Waals surface area contributed by atoms with Gasteiger partial charge in [-0.15, -0.1) is 0 Å². The van der Waals surface area contributed by atoms with Crippen molar-refractivity contribution in [1.82, 2.24) is 0 Å². The second kappa shape index (κ2) is 4.90. The first-order chi connectivity index (χ1) is 6.24. The number of allylic oxidation sites excluding steroid dienone is 4. The molecule has 72 valence electrons. The zero-order valence-corrected chi connectivity index (χ0v) is 8.42. The van der Waals surface area contributed by atoms with Gasteiger partial charge >= 0.3 is 0 Å². The molecule has 0 saturated heterocycles. The molecule has 0 aromatic rings. The van der Waals surface area contributed by atoms with Crippen molar-refractivity contribution in [3.05, 3.63) is 36.1 Å². The third kappa shape index (κ3) is 3.10. The normalized spacial score (nSPS) is 19.0. The van der Waals surface area contributed by atoms with Crippen LogP contribution in [0.2, 0.25) is 0 Å². The summed E-state index contributed by atoms with van der Waals surface area (Å²) >= 11 is 0. The van der Waals surface area contributed by atoms with E-state index in [1.165, 1.54) is 19.3 Å². The van der Waals surface area contributed by atoms with Crippen molar-refractivity contribution in [2.24, 2.45) is 11.7 Å². The minimum atomic E-state index is 0.838. The maximum absolute atomic E-state index is 5.84. The number of nitrogens with two attached hydrogens (primary N) is 1. The molecule has 1 heteroatoms. The topological polar surface area (TPSA) is 26.0 Å². The molecule has 1 fully saturated rings. The molecule has 0 atom stereocenters. The van der Waals surface area contributed by atoms with Gasteiger partial charge < -0.3 is 5.73 Å². The van der Waals surface area contributed by atoms with Crippen LogP contribution < -0.4 is 5.73 Å². The summed E-state index contributed by atoms with van der Waals surface area (Å²) in [7, 11) is 0. The quantitative estimate of drug-likeness (QED) is 0.656. The maximum atomic E-state index is 5.84. The van der Waals surface area contributed by atoms with Gasteiger partial charge in [0, 0.05) is 5.70 Å². The standard InChI is InChI=1S/C12H19N/c1-3-4-8-12(13)10(2)9-11-6-5-7-11/h3-4,8,11H,2,5-7,9,13H2,1H3/b4-3-,12-8+. The van der Waals surface area contributed by atoms with E-state index in [1.807, 2.05) is 25.2 Å². The number of rotatable bonds is 4. The van der Waals surface area contributed by atoms with Crippen LogP contribution in [-0.2, 0) is 0 Å². The Morgan fingerprint density at radius 3 is 2.69 bits per heavy atom. The molecule has 0 aromatic heterocycles. The van der Waals surface area contributed by atoms with Crippen LogP contribution in [0.25, 0.3) is 0 Å². The monoisotopic (exact) mass is 177 g/mol. The Labute approximate surface area is 81.0 Å². The Morgan fingerprint density at radius 2 is 2.23 bits per heavy atom. The van der Waals surface area contributed by atoms with Gasteiger partial charge in [0.25, 0.3) is 0 Å². The van der Waals surface area contributed by atoms with Gasteiger partial charge in [0.1, 0.15) is 0 Å². The minimum absolute atomic E-state index is 0.838. The van der Waals surface area contributed by atoms with E-state index in [0.29, 0.717) is 0 Å². The molecule has 1 rings (SSSR count). The van der Waals surface area contributed by atoms with E-state index in [-0.39, 0.29) is 0 Å². The second-order valence-corrected chi connectivity index (χ2v) is 3.75. The van der Waals surface area contributed by atoms with Gasteiger partial charge in [0.15, 0.2) is 0 Å². The molecule has 0 bridgehead atoms. The van der Waals surface area contributed by atoms with Crippen LogP contribution in [-0.4, -0.2) is 0 Å². The first-order valence-corrected chi connectivity index (χ1v) is 5.00. The van der Waals surface area contributed by atoms with Crippen LogP contribution in [0.3, 0.4) is 0 Å². The fraction of sp³-hybridized carbons (Fsp3) is 0.500. The summed E-state index contributed by atoms with van der Waals surface area (Å²) in [5.74, 6) is 0.852. The minimum Gasteiger partial charge on any atom is -0.399 e. The molecule has 0 amide bonds. The Bertz CT molecular complexity index is 232. The third-order valence-corrected chi connectivity index (χ3v) is 2.64. The fourth-order valence-corrected chi connectivity index (χ4v) is 1.48. The molecular weight excluding hydrogens is 158 g/mol. The first-order valence-electron chi connectivity index (χ1n) is 5.00. The fourth-order valence-electron chi connectivity index (χ4n) is 1.48. The lowest BCUT2D eigenvalue weighted by Gasteiger charge is -2.26. The lowest BCUT2D eigenvalue weighted by Crippen LogP contribution is -2.13. The van der Waals surface area contributed by atoms with Crippen molar-refractivity contribution in [3.8, 4) is 0 Å². The van der Waals surface area contributed by atoms with E-state index < -0.39 is 0 Å². The molecular formula is C12H19N. The van der Waals surface area contributed by atoms with E-state index in [0.717, 1.165) is 23.6 Å².